The van der Waals surface area contributed by atoms with E-state index in [1.54, 1.807) is 38.4 Å². The van der Waals surface area contributed by atoms with Gasteiger partial charge in [-0.1, -0.05) is 35.0 Å². The van der Waals surface area contributed by atoms with Gasteiger partial charge in [-0.15, -0.1) is 0 Å². The van der Waals surface area contributed by atoms with Gasteiger partial charge in [0.1, 0.15) is 0 Å². The molecule has 0 radical (unpaired) electrons. The summed E-state index contributed by atoms with van der Waals surface area (Å²) in [6.07, 6.45) is -5.16. The van der Waals surface area contributed by atoms with Gasteiger partial charge in [0, 0.05) is 29.4 Å². The Morgan fingerprint density at radius 3 is 2.10 bits per heavy atom. The molecule has 0 aliphatic rings. The van der Waals surface area contributed by atoms with Crippen molar-refractivity contribution in [3.8, 4) is 0 Å². The van der Waals surface area contributed by atoms with E-state index in [0.29, 0.717) is 17.4 Å². The number of anilines is 1. The fourth-order valence-electron chi connectivity index (χ4n) is 2.13. The van der Waals surface area contributed by atoms with Crippen LogP contribution < -0.4 is 5.32 Å². The maximum atomic E-state index is 12.8. The summed E-state index contributed by atoms with van der Waals surface area (Å²) in [6, 6.07) is 9.46. The Morgan fingerprint density at radius 1 is 1.03 bits per heavy atom. The average Bonchev–Trinajstić information content (AvgIpc) is 2.66. The minimum absolute atomic E-state index is 0.0135. The molecule has 0 fully saturated rings. The second-order valence-corrected chi connectivity index (χ2v) is 8.46. The molecule has 0 bridgehead atoms. The molecule has 2 N–H and O–H groups in total. The van der Waals surface area contributed by atoms with Gasteiger partial charge in [0.05, 0.1) is 15.7 Å². The molecule has 0 heterocycles. The lowest BCUT2D eigenvalue weighted by atomic mass is 10.1. The van der Waals surface area contributed by atoms with Gasteiger partial charge in [0.15, 0.2) is 0 Å². The number of nitrogens with zero attached hydrogens (tertiary/aromatic N) is 1. The highest BCUT2D eigenvalue weighted by Gasteiger charge is 2.55. The van der Waals surface area contributed by atoms with Crippen molar-refractivity contribution in [3.63, 3.8) is 0 Å². The third-order valence-corrected chi connectivity index (χ3v) is 6.09. The van der Waals surface area contributed by atoms with E-state index in [9.17, 15) is 27.9 Å². The normalized spacial score (nSPS) is 13.5. The molecule has 5 nitrogen and oxygen atoms in total. The Balaban J connectivity index is 2.21. The number of alkyl halides is 3. The highest BCUT2D eigenvalue weighted by molar-refractivity contribution is 7.99. The molecule has 2 rings (SSSR count). The quantitative estimate of drug-likeness (QED) is 0.624. The molecule has 0 aliphatic carbocycles. The first-order chi connectivity index (χ1) is 13.8. The van der Waals surface area contributed by atoms with Crippen molar-refractivity contribution < 1.29 is 27.9 Å². The Kier molecular flexibility index (Phi) is 7.34. The van der Waals surface area contributed by atoms with Crippen molar-refractivity contribution in [2.75, 3.05) is 19.4 Å². The number of amides is 2. The van der Waals surface area contributed by atoms with E-state index >= 15 is 0 Å². The van der Waals surface area contributed by atoms with Gasteiger partial charge in [0.2, 0.25) is 5.60 Å². The molecule has 30 heavy (non-hydrogen) atoms. The molecule has 162 valence electrons. The van der Waals surface area contributed by atoms with Crippen LogP contribution in [0.5, 0.6) is 0 Å². The summed E-state index contributed by atoms with van der Waals surface area (Å²) in [4.78, 5) is 26.4. The zero-order chi connectivity index (χ0) is 22.9. The van der Waals surface area contributed by atoms with Gasteiger partial charge < -0.3 is 15.3 Å². The molecule has 2 aromatic rings. The van der Waals surface area contributed by atoms with Crippen LogP contribution in [-0.2, 0) is 4.79 Å². The van der Waals surface area contributed by atoms with Crippen molar-refractivity contribution >= 4 is 52.5 Å². The number of halogens is 5. The monoisotopic (exact) mass is 480 g/mol. The summed E-state index contributed by atoms with van der Waals surface area (Å²) in [6.45, 7) is 0.340. The summed E-state index contributed by atoms with van der Waals surface area (Å²) in [7, 11) is 3.28. The number of benzene rings is 2. The maximum absolute atomic E-state index is 12.8. The zero-order valence-corrected chi connectivity index (χ0v) is 18.3. The first-order valence-electron chi connectivity index (χ1n) is 8.34. The predicted octanol–water partition coefficient (Wildman–Crippen LogP) is 5.10. The summed E-state index contributed by atoms with van der Waals surface area (Å²) >= 11 is 13.5. The highest BCUT2D eigenvalue weighted by atomic mass is 35.5. The number of carbonyl (C=O) groups is 2. The smallest absolute Gasteiger partial charge is 0.373 e. The van der Waals surface area contributed by atoms with Crippen LogP contribution in [0.2, 0.25) is 10.0 Å². The molecule has 1 atom stereocenters. The first kappa shape index (κ1) is 24.3. The van der Waals surface area contributed by atoms with Gasteiger partial charge in [-0.25, -0.2) is 0 Å². The maximum Gasteiger partial charge on any atom is 0.426 e. The second-order valence-electron chi connectivity index (χ2n) is 6.59. The molecule has 11 heteroatoms. The molecule has 0 aliphatic heterocycles. The Bertz CT molecular complexity index is 965. The number of nitrogens with one attached hydrogen (secondary N) is 1. The van der Waals surface area contributed by atoms with E-state index in [1.165, 1.54) is 28.8 Å². The van der Waals surface area contributed by atoms with E-state index in [0.717, 1.165) is 4.90 Å². The summed E-state index contributed by atoms with van der Waals surface area (Å²) in [5.41, 5.74) is -3.27. The highest BCUT2D eigenvalue weighted by Crippen LogP contribution is 2.41. The van der Waals surface area contributed by atoms with Gasteiger partial charge >= 0.3 is 6.18 Å². The molecule has 0 unspecified atom stereocenters. The zero-order valence-electron chi connectivity index (χ0n) is 16.0. The number of aliphatic hydroxyl groups is 1. The summed E-state index contributed by atoms with van der Waals surface area (Å²) < 4.78 is 38.4. The Hall–Kier alpha value is -1.94. The van der Waals surface area contributed by atoms with E-state index < -0.39 is 17.7 Å². The van der Waals surface area contributed by atoms with Gasteiger partial charge in [-0.3, -0.25) is 9.59 Å². The molecule has 0 saturated carbocycles. The topological polar surface area (TPSA) is 69.6 Å². The largest absolute Gasteiger partial charge is 0.426 e. The minimum atomic E-state index is -5.16. The van der Waals surface area contributed by atoms with Crippen LogP contribution in [0.3, 0.4) is 0 Å². The standard InChI is InChI=1S/C19H17Cl2F3N2O3S/c1-18(29,19(22,23)24)17(28)25-12-8-9-13(15(21)14(12)20)30-11-6-4-10(5-7-11)16(27)26(2)3/h4-9,29H,1-3H3,(H,25,28)/t18-/m1/s1. The van der Waals surface area contributed by atoms with E-state index in [-0.39, 0.29) is 21.6 Å². The fraction of sp³-hybridized carbons (Fsp3) is 0.263. The fourth-order valence-corrected chi connectivity index (χ4v) is 3.53. The van der Waals surface area contributed by atoms with Crippen molar-refractivity contribution in [3.05, 3.63) is 52.0 Å². The minimum Gasteiger partial charge on any atom is -0.373 e. The van der Waals surface area contributed by atoms with Crippen molar-refractivity contribution in [1.29, 1.82) is 0 Å². The van der Waals surface area contributed by atoms with Crippen molar-refractivity contribution in [2.45, 2.75) is 28.5 Å². The van der Waals surface area contributed by atoms with Crippen LogP contribution >= 0.6 is 35.0 Å². The second kappa shape index (κ2) is 9.05. The first-order valence-corrected chi connectivity index (χ1v) is 9.91. The van der Waals surface area contributed by atoms with Crippen LogP contribution in [0.25, 0.3) is 0 Å². The van der Waals surface area contributed by atoms with Gasteiger partial charge in [-0.2, -0.15) is 13.2 Å². The number of rotatable bonds is 5. The number of hydrogen-bond donors (Lipinski definition) is 2. The van der Waals surface area contributed by atoms with E-state index in [1.807, 2.05) is 5.32 Å². The Morgan fingerprint density at radius 2 is 1.60 bits per heavy atom. The predicted molar refractivity (Wildman–Crippen MR) is 110 cm³/mol. The SMILES string of the molecule is CN(C)C(=O)c1ccc(Sc2ccc(NC(=O)[C@@](C)(O)C(F)(F)F)c(Cl)c2Cl)cc1. The molecular formula is C19H17Cl2F3N2O3S. The van der Waals surface area contributed by atoms with E-state index in [4.69, 9.17) is 23.2 Å². The lowest BCUT2D eigenvalue weighted by molar-refractivity contribution is -0.242. The molecular weight excluding hydrogens is 464 g/mol. The van der Waals surface area contributed by atoms with Crippen molar-refractivity contribution in [2.24, 2.45) is 0 Å². The third-order valence-electron chi connectivity index (χ3n) is 4.02. The lowest BCUT2D eigenvalue weighted by Crippen LogP contribution is -2.52. The molecule has 0 aromatic heterocycles. The molecule has 2 aromatic carbocycles. The molecule has 0 spiro atoms. The van der Waals surface area contributed by atoms with Crippen molar-refractivity contribution in [1.82, 2.24) is 4.90 Å². The van der Waals surface area contributed by atoms with Crippen LogP contribution in [0.1, 0.15) is 17.3 Å². The van der Waals surface area contributed by atoms with E-state index in [2.05, 4.69) is 0 Å². The number of hydrogen-bond acceptors (Lipinski definition) is 4. The lowest BCUT2D eigenvalue weighted by Gasteiger charge is -2.25. The summed E-state index contributed by atoms with van der Waals surface area (Å²) in [5.74, 6) is -1.84. The van der Waals surface area contributed by atoms with Crippen LogP contribution in [-0.4, -0.2) is 47.7 Å². The third kappa shape index (κ3) is 5.21. The molecule has 0 saturated heterocycles. The van der Waals surface area contributed by atoms with Gasteiger partial charge in [-0.05, 0) is 43.3 Å². The summed E-state index contributed by atoms with van der Waals surface area (Å²) in [5, 5.41) is 11.2. The Labute approximate surface area is 185 Å². The van der Waals surface area contributed by atoms with Crippen LogP contribution in [0, 0.1) is 0 Å². The van der Waals surface area contributed by atoms with Crippen LogP contribution in [0.15, 0.2) is 46.2 Å². The van der Waals surface area contributed by atoms with Gasteiger partial charge in [0.25, 0.3) is 11.8 Å². The average molecular weight is 481 g/mol. The number of carbonyl (C=O) groups excluding carboxylic acids is 2. The van der Waals surface area contributed by atoms with Crippen LogP contribution in [0.4, 0.5) is 18.9 Å². The molecule has 2 amide bonds.